The van der Waals surface area contributed by atoms with Gasteiger partial charge < -0.3 is 10.3 Å². The number of hydrogen-bond donors (Lipinski definition) is 1. The molecule has 0 fully saturated rings. The van der Waals surface area contributed by atoms with Gasteiger partial charge in [0.25, 0.3) is 0 Å². The molecule has 1 aromatic carbocycles. The van der Waals surface area contributed by atoms with Gasteiger partial charge in [0, 0.05) is 6.54 Å². The maximum absolute atomic E-state index is 5.52. The van der Waals surface area contributed by atoms with Crippen LogP contribution in [-0.2, 0) is 13.0 Å². The van der Waals surface area contributed by atoms with E-state index in [1.165, 1.54) is 16.8 Å². The number of imidazole rings is 1. The summed E-state index contributed by atoms with van der Waals surface area (Å²) in [7, 11) is 0. The first-order valence-electron chi connectivity index (χ1n) is 5.64. The van der Waals surface area contributed by atoms with Crippen LogP contribution in [0.3, 0.4) is 0 Å². The molecule has 0 radical (unpaired) electrons. The average molecular weight is 215 g/mol. The van der Waals surface area contributed by atoms with Crippen LogP contribution in [0.5, 0.6) is 0 Å². The summed E-state index contributed by atoms with van der Waals surface area (Å²) in [4.78, 5) is 4.17. The third-order valence-corrected chi connectivity index (χ3v) is 2.74. The topological polar surface area (TPSA) is 43.8 Å². The molecule has 0 spiro atoms. The van der Waals surface area contributed by atoms with Gasteiger partial charge in [-0.1, -0.05) is 24.3 Å². The third-order valence-electron chi connectivity index (χ3n) is 2.74. The van der Waals surface area contributed by atoms with E-state index in [0.717, 1.165) is 13.0 Å². The molecular formula is C13H17N3. The van der Waals surface area contributed by atoms with Crippen molar-refractivity contribution >= 4 is 0 Å². The predicted octanol–water partition coefficient (Wildman–Crippen LogP) is 2.07. The van der Waals surface area contributed by atoms with Crippen LogP contribution in [0.4, 0.5) is 0 Å². The van der Waals surface area contributed by atoms with Crippen molar-refractivity contribution in [2.45, 2.75) is 19.9 Å². The SMILES string of the molecule is CCn1cncc1-c1ccc(CCN)cc1. The summed E-state index contributed by atoms with van der Waals surface area (Å²) in [5, 5.41) is 0. The highest BCUT2D eigenvalue weighted by molar-refractivity contribution is 5.59. The van der Waals surface area contributed by atoms with Gasteiger partial charge in [-0.3, -0.25) is 0 Å². The summed E-state index contributed by atoms with van der Waals surface area (Å²) >= 11 is 0. The first kappa shape index (κ1) is 10.9. The van der Waals surface area contributed by atoms with E-state index in [0.29, 0.717) is 6.54 Å². The van der Waals surface area contributed by atoms with Crippen LogP contribution in [-0.4, -0.2) is 16.1 Å². The molecule has 3 nitrogen and oxygen atoms in total. The van der Waals surface area contributed by atoms with Crippen molar-refractivity contribution in [1.82, 2.24) is 9.55 Å². The highest BCUT2D eigenvalue weighted by Crippen LogP contribution is 2.19. The normalized spacial score (nSPS) is 10.6. The van der Waals surface area contributed by atoms with Gasteiger partial charge in [-0.15, -0.1) is 0 Å². The van der Waals surface area contributed by atoms with Gasteiger partial charge in [0.1, 0.15) is 0 Å². The fourth-order valence-corrected chi connectivity index (χ4v) is 1.82. The lowest BCUT2D eigenvalue weighted by atomic mass is 10.1. The van der Waals surface area contributed by atoms with E-state index >= 15 is 0 Å². The molecule has 0 aliphatic carbocycles. The summed E-state index contributed by atoms with van der Waals surface area (Å²) in [6.45, 7) is 3.76. The maximum Gasteiger partial charge on any atom is 0.0950 e. The first-order chi connectivity index (χ1) is 7.85. The maximum atomic E-state index is 5.52. The van der Waals surface area contributed by atoms with E-state index in [2.05, 4.69) is 40.7 Å². The second kappa shape index (κ2) is 4.94. The molecule has 3 heteroatoms. The monoisotopic (exact) mass is 215 g/mol. The summed E-state index contributed by atoms with van der Waals surface area (Å²) in [5.41, 5.74) is 9.19. The molecule has 0 unspecified atom stereocenters. The average Bonchev–Trinajstić information content (AvgIpc) is 2.78. The van der Waals surface area contributed by atoms with Crippen LogP contribution in [0.2, 0.25) is 0 Å². The van der Waals surface area contributed by atoms with Crippen molar-refractivity contribution in [1.29, 1.82) is 0 Å². The number of hydrogen-bond acceptors (Lipinski definition) is 2. The molecule has 0 bridgehead atoms. The Bertz CT molecular complexity index is 442. The van der Waals surface area contributed by atoms with Crippen LogP contribution < -0.4 is 5.73 Å². The minimum atomic E-state index is 0.701. The van der Waals surface area contributed by atoms with E-state index in [1.54, 1.807) is 0 Å². The quantitative estimate of drug-likeness (QED) is 0.848. The zero-order valence-corrected chi connectivity index (χ0v) is 9.56. The summed E-state index contributed by atoms with van der Waals surface area (Å²) in [6, 6.07) is 8.53. The van der Waals surface area contributed by atoms with Crippen molar-refractivity contribution in [2.24, 2.45) is 5.73 Å². The summed E-state index contributed by atoms with van der Waals surface area (Å²) < 4.78 is 2.14. The Hall–Kier alpha value is -1.61. The number of aromatic nitrogens is 2. The zero-order chi connectivity index (χ0) is 11.4. The molecular weight excluding hydrogens is 198 g/mol. The van der Waals surface area contributed by atoms with Gasteiger partial charge >= 0.3 is 0 Å². The molecule has 0 saturated carbocycles. The summed E-state index contributed by atoms with van der Waals surface area (Å²) in [6.07, 6.45) is 4.71. The third kappa shape index (κ3) is 2.14. The number of aryl methyl sites for hydroxylation is 1. The van der Waals surface area contributed by atoms with Crippen molar-refractivity contribution < 1.29 is 0 Å². The Morgan fingerprint density at radius 1 is 1.25 bits per heavy atom. The Balaban J connectivity index is 2.27. The number of nitrogens with zero attached hydrogens (tertiary/aromatic N) is 2. The Kier molecular flexibility index (Phi) is 3.37. The molecule has 16 heavy (non-hydrogen) atoms. The van der Waals surface area contributed by atoms with E-state index < -0.39 is 0 Å². The first-order valence-corrected chi connectivity index (χ1v) is 5.64. The molecule has 0 saturated heterocycles. The Labute approximate surface area is 95.9 Å². The van der Waals surface area contributed by atoms with Crippen molar-refractivity contribution in [3.63, 3.8) is 0 Å². The molecule has 84 valence electrons. The van der Waals surface area contributed by atoms with Crippen molar-refractivity contribution in [3.05, 3.63) is 42.4 Å². The molecule has 1 aromatic heterocycles. The minimum Gasteiger partial charge on any atom is -0.331 e. The largest absolute Gasteiger partial charge is 0.331 e. The highest BCUT2D eigenvalue weighted by Gasteiger charge is 2.03. The fraction of sp³-hybridized carbons (Fsp3) is 0.308. The van der Waals surface area contributed by atoms with Crippen molar-refractivity contribution in [2.75, 3.05) is 6.54 Å². The molecule has 2 N–H and O–H groups in total. The van der Waals surface area contributed by atoms with E-state index in [4.69, 9.17) is 5.73 Å². The number of nitrogens with two attached hydrogens (primary N) is 1. The molecule has 2 aromatic rings. The summed E-state index contributed by atoms with van der Waals surface area (Å²) in [5.74, 6) is 0. The fourth-order valence-electron chi connectivity index (χ4n) is 1.82. The standard InChI is InChI=1S/C13H17N3/c1-2-16-10-15-9-13(16)12-5-3-11(4-6-12)7-8-14/h3-6,9-10H,2,7-8,14H2,1H3. The van der Waals surface area contributed by atoms with Gasteiger partial charge in [0.05, 0.1) is 18.2 Å². The van der Waals surface area contributed by atoms with Crippen LogP contribution in [0.15, 0.2) is 36.8 Å². The van der Waals surface area contributed by atoms with Crippen LogP contribution >= 0.6 is 0 Å². The lowest BCUT2D eigenvalue weighted by Gasteiger charge is -2.06. The van der Waals surface area contributed by atoms with E-state index in [-0.39, 0.29) is 0 Å². The molecule has 0 aliphatic rings. The van der Waals surface area contributed by atoms with Crippen LogP contribution in [0, 0.1) is 0 Å². The smallest absolute Gasteiger partial charge is 0.0950 e. The van der Waals surface area contributed by atoms with Gasteiger partial charge in [0.2, 0.25) is 0 Å². The molecule has 0 aliphatic heterocycles. The number of benzene rings is 1. The second-order valence-electron chi connectivity index (χ2n) is 3.80. The Morgan fingerprint density at radius 2 is 2.00 bits per heavy atom. The lowest BCUT2D eigenvalue weighted by Crippen LogP contribution is -2.02. The van der Waals surface area contributed by atoms with Crippen molar-refractivity contribution in [3.8, 4) is 11.3 Å². The van der Waals surface area contributed by atoms with Gasteiger partial charge in [0.15, 0.2) is 0 Å². The van der Waals surface area contributed by atoms with E-state index in [9.17, 15) is 0 Å². The molecule has 1 heterocycles. The van der Waals surface area contributed by atoms with Crippen LogP contribution in [0.25, 0.3) is 11.3 Å². The zero-order valence-electron chi connectivity index (χ0n) is 9.56. The van der Waals surface area contributed by atoms with Gasteiger partial charge in [-0.2, -0.15) is 0 Å². The minimum absolute atomic E-state index is 0.701. The lowest BCUT2D eigenvalue weighted by molar-refractivity contribution is 0.769. The Morgan fingerprint density at radius 3 is 2.62 bits per heavy atom. The second-order valence-corrected chi connectivity index (χ2v) is 3.80. The van der Waals surface area contributed by atoms with E-state index in [1.807, 2.05) is 12.5 Å². The predicted molar refractivity (Wildman–Crippen MR) is 66.1 cm³/mol. The highest BCUT2D eigenvalue weighted by atomic mass is 15.0. The molecule has 0 amide bonds. The number of rotatable bonds is 4. The molecule has 0 atom stereocenters. The van der Waals surface area contributed by atoms with Gasteiger partial charge in [-0.05, 0) is 31.0 Å². The van der Waals surface area contributed by atoms with Crippen LogP contribution in [0.1, 0.15) is 12.5 Å². The molecule has 2 rings (SSSR count). The van der Waals surface area contributed by atoms with Gasteiger partial charge in [-0.25, -0.2) is 4.98 Å².